The standard InChI is InChI=1S/C20H21FO/c1-15(2)19(10-6-9-16-7-4-3-5-8-16)20(22)17-11-13-18(21)14-12-17/h3-9,11-15,19H,10H2,1-2H3/b9-6+. The van der Waals surface area contributed by atoms with Crippen LogP contribution in [0.5, 0.6) is 0 Å². The fraction of sp³-hybridized carbons (Fsp3) is 0.250. The van der Waals surface area contributed by atoms with Gasteiger partial charge in [0.2, 0.25) is 0 Å². The highest BCUT2D eigenvalue weighted by Crippen LogP contribution is 2.22. The zero-order valence-electron chi connectivity index (χ0n) is 13.0. The molecule has 1 atom stereocenters. The molecule has 0 amide bonds. The molecule has 0 heterocycles. The Morgan fingerprint density at radius 1 is 1.05 bits per heavy atom. The van der Waals surface area contributed by atoms with Crippen LogP contribution in [-0.2, 0) is 0 Å². The van der Waals surface area contributed by atoms with E-state index in [1.807, 2.05) is 56.3 Å². The fourth-order valence-electron chi connectivity index (χ4n) is 2.43. The molecule has 1 nitrogen and oxygen atoms in total. The summed E-state index contributed by atoms with van der Waals surface area (Å²) in [4.78, 5) is 12.6. The number of rotatable bonds is 6. The van der Waals surface area contributed by atoms with Gasteiger partial charge in [-0.25, -0.2) is 4.39 Å². The molecule has 0 spiro atoms. The molecule has 2 aromatic rings. The predicted octanol–water partition coefficient (Wildman–Crippen LogP) is 5.38. The highest BCUT2D eigenvalue weighted by atomic mass is 19.1. The monoisotopic (exact) mass is 296 g/mol. The van der Waals surface area contributed by atoms with Gasteiger partial charge in [0.05, 0.1) is 0 Å². The van der Waals surface area contributed by atoms with Gasteiger partial charge in [0.1, 0.15) is 5.82 Å². The molecular formula is C20H21FO. The normalized spacial score (nSPS) is 12.7. The highest BCUT2D eigenvalue weighted by molar-refractivity contribution is 5.98. The van der Waals surface area contributed by atoms with Gasteiger partial charge in [-0.15, -0.1) is 0 Å². The molecule has 1 unspecified atom stereocenters. The van der Waals surface area contributed by atoms with Crippen molar-refractivity contribution in [2.75, 3.05) is 0 Å². The van der Waals surface area contributed by atoms with Gasteiger partial charge in [-0.2, -0.15) is 0 Å². The van der Waals surface area contributed by atoms with E-state index >= 15 is 0 Å². The third kappa shape index (κ3) is 4.39. The third-order valence-electron chi connectivity index (χ3n) is 3.77. The van der Waals surface area contributed by atoms with Crippen molar-refractivity contribution >= 4 is 11.9 Å². The Labute approximate surface area is 131 Å². The Morgan fingerprint density at radius 2 is 1.68 bits per heavy atom. The van der Waals surface area contributed by atoms with Gasteiger partial charge in [-0.3, -0.25) is 4.79 Å². The van der Waals surface area contributed by atoms with Crippen molar-refractivity contribution in [3.63, 3.8) is 0 Å². The first-order valence-electron chi connectivity index (χ1n) is 7.59. The van der Waals surface area contributed by atoms with Crippen LogP contribution in [-0.4, -0.2) is 5.78 Å². The van der Waals surface area contributed by atoms with Crippen LogP contribution in [0.1, 0.15) is 36.2 Å². The van der Waals surface area contributed by atoms with E-state index in [2.05, 4.69) is 0 Å². The first kappa shape index (κ1) is 16.2. The molecule has 0 saturated carbocycles. The zero-order valence-corrected chi connectivity index (χ0v) is 13.0. The lowest BCUT2D eigenvalue weighted by molar-refractivity contribution is 0.0887. The van der Waals surface area contributed by atoms with Crippen LogP contribution in [0.4, 0.5) is 4.39 Å². The minimum absolute atomic E-state index is 0.0766. The quantitative estimate of drug-likeness (QED) is 0.654. The second-order valence-corrected chi connectivity index (χ2v) is 5.77. The second-order valence-electron chi connectivity index (χ2n) is 5.77. The molecule has 114 valence electrons. The summed E-state index contributed by atoms with van der Waals surface area (Å²) in [5, 5.41) is 0. The molecule has 0 aliphatic heterocycles. The Kier molecular flexibility index (Phi) is 5.65. The van der Waals surface area contributed by atoms with Crippen molar-refractivity contribution in [1.29, 1.82) is 0 Å². The highest BCUT2D eigenvalue weighted by Gasteiger charge is 2.22. The van der Waals surface area contributed by atoms with Gasteiger partial charge in [-0.05, 0) is 42.2 Å². The Balaban J connectivity index is 2.08. The number of carbonyl (C=O) groups excluding carboxylic acids is 1. The Hall–Kier alpha value is -2.22. The molecule has 0 fully saturated rings. The van der Waals surface area contributed by atoms with E-state index in [1.54, 1.807) is 12.1 Å². The SMILES string of the molecule is CC(C)C(C/C=C/c1ccccc1)C(=O)c1ccc(F)cc1. The van der Waals surface area contributed by atoms with Crippen molar-refractivity contribution in [2.45, 2.75) is 20.3 Å². The molecule has 0 saturated heterocycles. The molecule has 0 radical (unpaired) electrons. The van der Waals surface area contributed by atoms with E-state index in [0.717, 1.165) is 5.56 Å². The summed E-state index contributed by atoms with van der Waals surface area (Å²) in [6, 6.07) is 15.8. The first-order valence-corrected chi connectivity index (χ1v) is 7.59. The largest absolute Gasteiger partial charge is 0.294 e. The summed E-state index contributed by atoms with van der Waals surface area (Å²) in [6.45, 7) is 4.09. The summed E-state index contributed by atoms with van der Waals surface area (Å²) in [7, 11) is 0. The molecule has 0 N–H and O–H groups in total. The molecule has 0 aliphatic carbocycles. The van der Waals surface area contributed by atoms with E-state index in [0.29, 0.717) is 12.0 Å². The molecule has 2 aromatic carbocycles. The number of halogens is 1. The van der Waals surface area contributed by atoms with E-state index in [1.165, 1.54) is 12.1 Å². The van der Waals surface area contributed by atoms with Gasteiger partial charge < -0.3 is 0 Å². The lowest BCUT2D eigenvalue weighted by Gasteiger charge is -2.18. The topological polar surface area (TPSA) is 17.1 Å². The first-order chi connectivity index (χ1) is 10.6. The predicted molar refractivity (Wildman–Crippen MR) is 89.2 cm³/mol. The van der Waals surface area contributed by atoms with Crippen LogP contribution in [0.15, 0.2) is 60.7 Å². The average molecular weight is 296 g/mol. The van der Waals surface area contributed by atoms with Gasteiger partial charge in [0.25, 0.3) is 0 Å². The maximum Gasteiger partial charge on any atom is 0.166 e. The lowest BCUT2D eigenvalue weighted by atomic mass is 9.85. The number of benzene rings is 2. The van der Waals surface area contributed by atoms with Crippen molar-refractivity contribution in [1.82, 2.24) is 0 Å². The van der Waals surface area contributed by atoms with Gasteiger partial charge >= 0.3 is 0 Å². The van der Waals surface area contributed by atoms with Gasteiger partial charge in [0, 0.05) is 11.5 Å². The van der Waals surface area contributed by atoms with E-state index < -0.39 is 0 Å². The van der Waals surface area contributed by atoms with Crippen molar-refractivity contribution in [3.05, 3.63) is 77.6 Å². The Morgan fingerprint density at radius 3 is 2.27 bits per heavy atom. The molecule has 0 aliphatic rings. The van der Waals surface area contributed by atoms with E-state index in [-0.39, 0.29) is 23.4 Å². The van der Waals surface area contributed by atoms with Crippen molar-refractivity contribution < 1.29 is 9.18 Å². The van der Waals surface area contributed by atoms with Crippen molar-refractivity contribution in [2.24, 2.45) is 11.8 Å². The van der Waals surface area contributed by atoms with Crippen molar-refractivity contribution in [3.8, 4) is 0 Å². The minimum atomic E-state index is -0.318. The molecule has 22 heavy (non-hydrogen) atoms. The molecular weight excluding hydrogens is 275 g/mol. The average Bonchev–Trinajstić information content (AvgIpc) is 2.52. The summed E-state index contributed by atoms with van der Waals surface area (Å²) in [5.41, 5.74) is 1.70. The number of carbonyl (C=O) groups is 1. The van der Waals surface area contributed by atoms with Crippen LogP contribution in [0.3, 0.4) is 0 Å². The van der Waals surface area contributed by atoms with Gasteiger partial charge in [0.15, 0.2) is 5.78 Å². The van der Waals surface area contributed by atoms with E-state index in [4.69, 9.17) is 0 Å². The summed E-state index contributed by atoms with van der Waals surface area (Å²) < 4.78 is 13.0. The second kappa shape index (κ2) is 7.69. The smallest absolute Gasteiger partial charge is 0.166 e. The molecule has 2 heteroatoms. The van der Waals surface area contributed by atoms with Crippen LogP contribution in [0.2, 0.25) is 0 Å². The lowest BCUT2D eigenvalue weighted by Crippen LogP contribution is -2.20. The zero-order chi connectivity index (χ0) is 15.9. The van der Waals surface area contributed by atoms with Crippen LogP contribution in [0.25, 0.3) is 6.08 Å². The molecule has 0 bridgehead atoms. The number of hydrogen-bond donors (Lipinski definition) is 0. The minimum Gasteiger partial charge on any atom is -0.294 e. The summed E-state index contributed by atoms with van der Waals surface area (Å²) in [5.74, 6) is -0.0993. The van der Waals surface area contributed by atoms with Crippen LogP contribution in [0, 0.1) is 17.7 Å². The number of allylic oxidation sites excluding steroid dienone is 1. The number of hydrogen-bond acceptors (Lipinski definition) is 1. The molecule has 2 rings (SSSR count). The number of ketones is 1. The fourth-order valence-corrected chi connectivity index (χ4v) is 2.43. The van der Waals surface area contributed by atoms with Gasteiger partial charge in [-0.1, -0.05) is 56.3 Å². The van der Waals surface area contributed by atoms with Crippen LogP contribution >= 0.6 is 0 Å². The van der Waals surface area contributed by atoms with Crippen LogP contribution < -0.4 is 0 Å². The van der Waals surface area contributed by atoms with E-state index in [9.17, 15) is 9.18 Å². The maximum atomic E-state index is 13.0. The Bertz CT molecular complexity index is 627. The maximum absolute atomic E-state index is 13.0. The molecule has 0 aromatic heterocycles. The summed E-state index contributed by atoms with van der Waals surface area (Å²) in [6.07, 6.45) is 4.76. The number of Topliss-reactive ketones (excluding diaryl/α,β-unsaturated/α-hetero) is 1. The summed E-state index contributed by atoms with van der Waals surface area (Å²) >= 11 is 0. The third-order valence-corrected chi connectivity index (χ3v) is 3.77.